The van der Waals surface area contributed by atoms with Crippen molar-refractivity contribution in [1.82, 2.24) is 5.32 Å². The first-order valence-corrected chi connectivity index (χ1v) is 6.67. The molecule has 0 heterocycles. The average molecular weight is 253 g/mol. The molecule has 0 radical (unpaired) electrons. The largest absolute Gasteiger partial charge is 0.313 e. The summed E-state index contributed by atoms with van der Waals surface area (Å²) in [6, 6.07) is 2.57. The molecule has 0 spiro atoms. The van der Waals surface area contributed by atoms with Crippen LogP contribution in [0.4, 0.5) is 8.78 Å². The fourth-order valence-corrected chi connectivity index (χ4v) is 3.17. The minimum absolute atomic E-state index is 0.0856. The molecule has 3 atom stereocenters. The standard InChI is InChI=1S/C15H21F2N/c1-9-5-4-6-11(9)15(18-3)12-8-13(16)10(2)7-14(12)17/h7-9,11,15,18H,4-6H2,1-3H3. The molecule has 0 bridgehead atoms. The van der Waals surface area contributed by atoms with E-state index in [1.165, 1.54) is 25.0 Å². The van der Waals surface area contributed by atoms with E-state index in [9.17, 15) is 8.78 Å². The van der Waals surface area contributed by atoms with Gasteiger partial charge in [-0.3, -0.25) is 0 Å². The van der Waals surface area contributed by atoms with E-state index >= 15 is 0 Å². The van der Waals surface area contributed by atoms with Gasteiger partial charge in [-0.1, -0.05) is 19.8 Å². The Hall–Kier alpha value is -0.960. The molecule has 1 aromatic carbocycles. The van der Waals surface area contributed by atoms with Crippen LogP contribution in [0, 0.1) is 30.4 Å². The van der Waals surface area contributed by atoms with Crippen molar-refractivity contribution >= 4 is 0 Å². The van der Waals surface area contributed by atoms with Crippen LogP contribution < -0.4 is 5.32 Å². The summed E-state index contributed by atoms with van der Waals surface area (Å²) in [6.45, 7) is 3.79. The lowest BCUT2D eigenvalue weighted by atomic mass is 9.85. The Morgan fingerprint density at radius 1 is 1.22 bits per heavy atom. The molecule has 1 fully saturated rings. The maximum Gasteiger partial charge on any atom is 0.128 e. The van der Waals surface area contributed by atoms with Gasteiger partial charge in [-0.15, -0.1) is 0 Å². The van der Waals surface area contributed by atoms with Crippen LogP contribution in [0.25, 0.3) is 0 Å². The fourth-order valence-electron chi connectivity index (χ4n) is 3.17. The molecule has 100 valence electrons. The summed E-state index contributed by atoms with van der Waals surface area (Å²) < 4.78 is 27.7. The van der Waals surface area contributed by atoms with Gasteiger partial charge in [0, 0.05) is 11.6 Å². The summed E-state index contributed by atoms with van der Waals surface area (Å²) in [6.07, 6.45) is 3.44. The van der Waals surface area contributed by atoms with Gasteiger partial charge in [-0.25, -0.2) is 8.78 Å². The molecule has 1 aliphatic carbocycles. The van der Waals surface area contributed by atoms with Gasteiger partial charge in [-0.2, -0.15) is 0 Å². The summed E-state index contributed by atoms with van der Waals surface area (Å²) >= 11 is 0. The summed E-state index contributed by atoms with van der Waals surface area (Å²) in [7, 11) is 1.83. The van der Waals surface area contributed by atoms with E-state index in [0.717, 1.165) is 6.42 Å². The third-order valence-electron chi connectivity index (χ3n) is 4.28. The van der Waals surface area contributed by atoms with Crippen LogP contribution in [0.15, 0.2) is 12.1 Å². The predicted octanol–water partition coefficient (Wildman–Crippen LogP) is 3.97. The molecule has 0 aliphatic heterocycles. The smallest absolute Gasteiger partial charge is 0.128 e. The summed E-state index contributed by atoms with van der Waals surface area (Å²) in [4.78, 5) is 0. The molecule has 0 saturated heterocycles. The number of hydrogen-bond donors (Lipinski definition) is 1. The van der Waals surface area contributed by atoms with Gasteiger partial charge in [0.2, 0.25) is 0 Å². The zero-order valence-electron chi connectivity index (χ0n) is 11.3. The van der Waals surface area contributed by atoms with Crippen LogP contribution in [0.2, 0.25) is 0 Å². The molecular formula is C15H21F2N. The molecule has 1 nitrogen and oxygen atoms in total. The quantitative estimate of drug-likeness (QED) is 0.859. The first-order chi connectivity index (χ1) is 8.54. The van der Waals surface area contributed by atoms with Gasteiger partial charge in [0.1, 0.15) is 11.6 Å². The molecule has 1 N–H and O–H groups in total. The van der Waals surface area contributed by atoms with E-state index in [4.69, 9.17) is 0 Å². The molecule has 3 heteroatoms. The average Bonchev–Trinajstić information content (AvgIpc) is 2.73. The van der Waals surface area contributed by atoms with Crippen LogP contribution in [-0.2, 0) is 0 Å². The van der Waals surface area contributed by atoms with E-state index < -0.39 is 0 Å². The molecule has 1 saturated carbocycles. The molecular weight excluding hydrogens is 232 g/mol. The van der Waals surface area contributed by atoms with Crippen LogP contribution >= 0.6 is 0 Å². The van der Waals surface area contributed by atoms with Crippen LogP contribution in [-0.4, -0.2) is 7.05 Å². The molecule has 1 aromatic rings. The Kier molecular flexibility index (Phi) is 4.00. The van der Waals surface area contributed by atoms with Gasteiger partial charge in [0.15, 0.2) is 0 Å². The van der Waals surface area contributed by atoms with E-state index in [-0.39, 0.29) is 17.7 Å². The van der Waals surface area contributed by atoms with Crippen molar-refractivity contribution in [2.45, 2.75) is 39.2 Å². The van der Waals surface area contributed by atoms with Crippen molar-refractivity contribution in [2.75, 3.05) is 7.05 Å². The predicted molar refractivity (Wildman–Crippen MR) is 69.4 cm³/mol. The van der Waals surface area contributed by atoms with Crippen LogP contribution in [0.3, 0.4) is 0 Å². The Morgan fingerprint density at radius 2 is 1.94 bits per heavy atom. The highest BCUT2D eigenvalue weighted by Gasteiger charge is 2.32. The SMILES string of the molecule is CNC(c1cc(F)c(C)cc1F)C1CCCC1C. The van der Waals surface area contributed by atoms with Crippen molar-refractivity contribution in [2.24, 2.45) is 11.8 Å². The second kappa shape index (κ2) is 5.35. The number of aryl methyl sites for hydroxylation is 1. The maximum atomic E-state index is 14.0. The monoisotopic (exact) mass is 253 g/mol. The molecule has 0 amide bonds. The molecule has 18 heavy (non-hydrogen) atoms. The van der Waals surface area contributed by atoms with Crippen LogP contribution in [0.5, 0.6) is 0 Å². The number of hydrogen-bond acceptors (Lipinski definition) is 1. The van der Waals surface area contributed by atoms with Gasteiger partial charge in [-0.05, 0) is 49.9 Å². The minimum atomic E-state index is -0.322. The number of rotatable bonds is 3. The van der Waals surface area contributed by atoms with Crippen molar-refractivity contribution in [3.8, 4) is 0 Å². The summed E-state index contributed by atoms with van der Waals surface area (Å²) in [5.41, 5.74) is 0.838. The minimum Gasteiger partial charge on any atom is -0.313 e. The second-order valence-corrected chi connectivity index (χ2v) is 5.46. The Labute approximate surface area is 108 Å². The zero-order valence-corrected chi connectivity index (χ0v) is 11.3. The molecule has 2 rings (SSSR count). The molecule has 3 unspecified atom stereocenters. The van der Waals surface area contributed by atoms with Gasteiger partial charge in [0.05, 0.1) is 0 Å². The topological polar surface area (TPSA) is 12.0 Å². The van der Waals surface area contributed by atoms with Crippen LogP contribution in [0.1, 0.15) is 43.4 Å². The molecule has 0 aromatic heterocycles. The van der Waals surface area contributed by atoms with Gasteiger partial charge in [0.25, 0.3) is 0 Å². The van der Waals surface area contributed by atoms with E-state index in [2.05, 4.69) is 12.2 Å². The Morgan fingerprint density at radius 3 is 2.50 bits per heavy atom. The highest BCUT2D eigenvalue weighted by molar-refractivity contribution is 5.28. The summed E-state index contributed by atoms with van der Waals surface area (Å²) in [5, 5.41) is 3.17. The van der Waals surface area contributed by atoms with E-state index in [0.29, 0.717) is 23.0 Å². The first kappa shape index (κ1) is 13.5. The lowest BCUT2D eigenvalue weighted by Gasteiger charge is -2.27. The molecule has 1 aliphatic rings. The Balaban J connectivity index is 2.35. The lowest BCUT2D eigenvalue weighted by molar-refractivity contribution is 0.307. The number of halogens is 2. The lowest BCUT2D eigenvalue weighted by Crippen LogP contribution is -2.28. The number of nitrogens with one attached hydrogen (secondary N) is 1. The zero-order chi connectivity index (χ0) is 13.3. The van der Waals surface area contributed by atoms with Crippen molar-refractivity contribution in [3.05, 3.63) is 34.9 Å². The van der Waals surface area contributed by atoms with Gasteiger partial charge < -0.3 is 5.32 Å². The van der Waals surface area contributed by atoms with Crippen molar-refractivity contribution in [1.29, 1.82) is 0 Å². The maximum absolute atomic E-state index is 14.0. The Bertz CT molecular complexity index is 431. The van der Waals surface area contributed by atoms with Crippen molar-refractivity contribution in [3.63, 3.8) is 0 Å². The van der Waals surface area contributed by atoms with E-state index in [1.54, 1.807) is 6.92 Å². The second-order valence-electron chi connectivity index (χ2n) is 5.46. The van der Waals surface area contributed by atoms with E-state index in [1.807, 2.05) is 7.05 Å². The van der Waals surface area contributed by atoms with Gasteiger partial charge >= 0.3 is 0 Å². The normalized spacial score (nSPS) is 25.4. The highest BCUT2D eigenvalue weighted by Crippen LogP contribution is 2.40. The fraction of sp³-hybridized carbons (Fsp3) is 0.600. The number of benzene rings is 1. The highest BCUT2D eigenvalue weighted by atomic mass is 19.1. The third-order valence-corrected chi connectivity index (χ3v) is 4.28. The van der Waals surface area contributed by atoms with Crippen molar-refractivity contribution < 1.29 is 8.78 Å². The first-order valence-electron chi connectivity index (χ1n) is 6.67. The third kappa shape index (κ3) is 2.41. The summed E-state index contributed by atoms with van der Waals surface area (Å²) in [5.74, 6) is 0.336.